The fraction of sp³-hybridized carbons (Fsp3) is 0.667. The number of aliphatic imine (C=N–C) groups is 1. The van der Waals surface area contributed by atoms with Crippen molar-refractivity contribution >= 4 is 35.0 Å². The lowest BCUT2D eigenvalue weighted by atomic mass is 10.2. The van der Waals surface area contributed by atoms with Crippen LogP contribution in [0.3, 0.4) is 0 Å². The summed E-state index contributed by atoms with van der Waals surface area (Å²) in [6.07, 6.45) is 2.60. The largest absolute Gasteiger partial charge is 0.320 e. The molecule has 0 saturated heterocycles. The molecule has 1 atom stereocenters. The number of carbonyl (C=O) groups excluding carboxylic acids is 1. The first-order chi connectivity index (χ1) is 5.22. The zero-order valence-electron chi connectivity index (χ0n) is 6.24. The van der Waals surface area contributed by atoms with E-state index in [9.17, 15) is 4.79 Å². The maximum absolute atomic E-state index is 10.8. The molecule has 0 rings (SSSR count). The van der Waals surface area contributed by atoms with E-state index in [1.165, 1.54) is 0 Å². The van der Waals surface area contributed by atoms with Crippen LogP contribution < -0.4 is 5.73 Å². The van der Waals surface area contributed by atoms with Crippen LogP contribution in [-0.4, -0.2) is 29.1 Å². The van der Waals surface area contributed by atoms with Gasteiger partial charge in [-0.25, -0.2) is 0 Å². The molecule has 0 aliphatic carbocycles. The highest BCUT2D eigenvalue weighted by atomic mass is 32.2. The maximum atomic E-state index is 10.8. The van der Waals surface area contributed by atoms with Crippen LogP contribution >= 0.6 is 24.0 Å². The highest BCUT2D eigenvalue weighted by Gasteiger charge is 2.10. The summed E-state index contributed by atoms with van der Waals surface area (Å²) in [6.45, 7) is 0. The molecule has 0 spiro atoms. The number of nitrogens with two attached hydrogens (primary N) is 1. The molecule has 62 valence electrons. The number of thioether (sulfide) groups is 1. The summed E-state index contributed by atoms with van der Waals surface area (Å²) in [6, 6.07) is -0.516. The average Bonchev–Trinajstić information content (AvgIpc) is 2.00. The Labute approximate surface area is 75.4 Å². The minimum atomic E-state index is -0.516. The van der Waals surface area contributed by atoms with E-state index in [4.69, 9.17) is 5.73 Å². The smallest absolute Gasteiger partial charge is 0.271 e. The van der Waals surface area contributed by atoms with Gasteiger partial charge in [0.2, 0.25) is 0 Å². The first kappa shape index (κ1) is 10.8. The average molecular weight is 190 g/mol. The molecule has 11 heavy (non-hydrogen) atoms. The molecule has 5 heteroatoms. The molecule has 0 unspecified atom stereocenters. The van der Waals surface area contributed by atoms with Crippen molar-refractivity contribution in [2.75, 3.05) is 12.0 Å². The number of hydrogen-bond donors (Lipinski definition) is 1. The van der Waals surface area contributed by atoms with Crippen molar-refractivity contribution in [1.29, 1.82) is 0 Å². The zero-order chi connectivity index (χ0) is 8.69. The van der Waals surface area contributed by atoms with Crippen LogP contribution in [0.4, 0.5) is 0 Å². The predicted octanol–water partition coefficient (Wildman–Crippen LogP) is 0.696. The quantitative estimate of drug-likeness (QED) is 0.523. The van der Waals surface area contributed by atoms with Gasteiger partial charge in [0.25, 0.3) is 5.91 Å². The van der Waals surface area contributed by atoms with Crippen molar-refractivity contribution < 1.29 is 4.79 Å². The monoisotopic (exact) mass is 190 g/mol. The Kier molecular flexibility index (Phi) is 6.36. The third-order valence-corrected chi connectivity index (χ3v) is 1.84. The molecule has 0 aromatic heterocycles. The summed E-state index contributed by atoms with van der Waals surface area (Å²) >= 11 is 5.91. The van der Waals surface area contributed by atoms with Gasteiger partial charge in [-0.05, 0) is 30.6 Å². The lowest BCUT2D eigenvalue weighted by molar-refractivity contribution is -0.118. The molecule has 1 amide bonds. The molecule has 0 fully saturated rings. The van der Waals surface area contributed by atoms with Gasteiger partial charge in [-0.1, -0.05) is 0 Å². The molecule has 0 saturated carbocycles. The Hall–Kier alpha value is -0.220. The standard InChI is InChI=1S/C6H10N2OS2/c1-11-3-2-5(7)6(9)8-4-10/h5H,2-3,7H2,1H3/t5-/m0/s1. The lowest BCUT2D eigenvalue weighted by Crippen LogP contribution is -2.29. The number of nitrogens with zero attached hydrogens (tertiary/aromatic N) is 1. The Morgan fingerprint density at radius 3 is 3.00 bits per heavy atom. The Balaban J connectivity index is 3.73. The van der Waals surface area contributed by atoms with Crippen LogP contribution in [0.1, 0.15) is 6.42 Å². The minimum Gasteiger partial charge on any atom is -0.320 e. The third-order valence-electron chi connectivity index (χ3n) is 1.11. The van der Waals surface area contributed by atoms with Gasteiger partial charge in [-0.15, -0.1) is 0 Å². The van der Waals surface area contributed by atoms with Crippen molar-refractivity contribution in [2.45, 2.75) is 12.5 Å². The van der Waals surface area contributed by atoms with Gasteiger partial charge in [0.05, 0.1) is 11.2 Å². The van der Waals surface area contributed by atoms with Crippen molar-refractivity contribution in [2.24, 2.45) is 10.7 Å². The zero-order valence-corrected chi connectivity index (χ0v) is 7.87. The van der Waals surface area contributed by atoms with E-state index in [0.717, 1.165) is 5.75 Å². The van der Waals surface area contributed by atoms with Crippen LogP contribution in [0.5, 0.6) is 0 Å². The van der Waals surface area contributed by atoms with Crippen LogP contribution in [0, 0.1) is 0 Å². The molecule has 0 aliphatic heterocycles. The van der Waals surface area contributed by atoms with E-state index in [-0.39, 0.29) is 5.91 Å². The lowest BCUT2D eigenvalue weighted by Gasteiger charge is -2.03. The van der Waals surface area contributed by atoms with E-state index in [2.05, 4.69) is 17.2 Å². The normalized spacial score (nSPS) is 11.8. The van der Waals surface area contributed by atoms with Gasteiger partial charge in [0.15, 0.2) is 0 Å². The van der Waals surface area contributed by atoms with Crippen molar-refractivity contribution in [1.82, 2.24) is 0 Å². The summed E-state index contributed by atoms with van der Waals surface area (Å²) in [5.74, 6) is 0.480. The summed E-state index contributed by atoms with van der Waals surface area (Å²) in [4.78, 5) is 14.1. The van der Waals surface area contributed by atoms with Crippen LogP contribution in [0.15, 0.2) is 4.99 Å². The molecule has 0 radical (unpaired) electrons. The maximum Gasteiger partial charge on any atom is 0.271 e. The summed E-state index contributed by atoms with van der Waals surface area (Å²) < 4.78 is 0. The number of isothiocyanates is 1. The number of thiocarbonyl (C=S) groups is 1. The van der Waals surface area contributed by atoms with E-state index in [1.807, 2.05) is 11.4 Å². The van der Waals surface area contributed by atoms with Gasteiger partial charge in [-0.2, -0.15) is 16.8 Å². The fourth-order valence-corrected chi connectivity index (χ4v) is 1.08. The topological polar surface area (TPSA) is 55.5 Å². The number of amides is 1. The third kappa shape index (κ3) is 5.09. The summed E-state index contributed by atoms with van der Waals surface area (Å²) in [7, 11) is 0. The molecule has 2 N–H and O–H groups in total. The summed E-state index contributed by atoms with van der Waals surface area (Å²) in [5.41, 5.74) is 5.45. The van der Waals surface area contributed by atoms with Crippen LogP contribution in [0.2, 0.25) is 0 Å². The predicted molar refractivity (Wildman–Crippen MR) is 51.0 cm³/mol. The van der Waals surface area contributed by atoms with Crippen molar-refractivity contribution in [3.05, 3.63) is 0 Å². The molecule has 0 bridgehead atoms. The first-order valence-electron chi connectivity index (χ1n) is 3.08. The van der Waals surface area contributed by atoms with Crippen LogP contribution in [0.25, 0.3) is 0 Å². The SMILES string of the molecule is CSCC[C@H](N)C(=O)N=C=S. The molecule has 0 aromatic rings. The minimum absolute atomic E-state index is 0.381. The molecular formula is C6H10N2OS2. The van der Waals surface area contributed by atoms with E-state index < -0.39 is 6.04 Å². The van der Waals surface area contributed by atoms with Crippen molar-refractivity contribution in [3.8, 4) is 0 Å². The number of carbonyl (C=O) groups is 1. The van der Waals surface area contributed by atoms with Gasteiger partial charge < -0.3 is 5.73 Å². The highest BCUT2D eigenvalue weighted by molar-refractivity contribution is 7.98. The molecule has 0 aliphatic rings. The second kappa shape index (κ2) is 6.49. The Morgan fingerprint density at radius 1 is 1.91 bits per heavy atom. The molecule has 0 aromatic carbocycles. The Bertz CT molecular complexity index is 177. The second-order valence-corrected chi connectivity index (χ2v) is 3.10. The van der Waals surface area contributed by atoms with Gasteiger partial charge in [0.1, 0.15) is 0 Å². The molecule has 3 nitrogen and oxygen atoms in total. The number of hydrogen-bond acceptors (Lipinski definition) is 4. The van der Waals surface area contributed by atoms with E-state index in [0.29, 0.717) is 6.42 Å². The second-order valence-electron chi connectivity index (χ2n) is 1.93. The van der Waals surface area contributed by atoms with E-state index >= 15 is 0 Å². The molecule has 0 heterocycles. The number of rotatable bonds is 4. The Morgan fingerprint density at radius 2 is 2.55 bits per heavy atom. The summed E-state index contributed by atoms with van der Waals surface area (Å²) in [5, 5.41) is 2.00. The van der Waals surface area contributed by atoms with Gasteiger partial charge >= 0.3 is 0 Å². The van der Waals surface area contributed by atoms with Crippen LogP contribution in [-0.2, 0) is 4.79 Å². The highest BCUT2D eigenvalue weighted by Crippen LogP contribution is 1.99. The van der Waals surface area contributed by atoms with E-state index in [1.54, 1.807) is 11.8 Å². The fourth-order valence-electron chi connectivity index (χ4n) is 0.496. The van der Waals surface area contributed by atoms with Gasteiger partial charge in [-0.3, -0.25) is 4.79 Å². The molecular weight excluding hydrogens is 180 g/mol. The first-order valence-corrected chi connectivity index (χ1v) is 4.88. The van der Waals surface area contributed by atoms with Crippen molar-refractivity contribution in [3.63, 3.8) is 0 Å². The van der Waals surface area contributed by atoms with Gasteiger partial charge in [0, 0.05) is 0 Å².